The molecule has 0 bridgehead atoms. The van der Waals surface area contributed by atoms with Crippen molar-refractivity contribution in [3.05, 3.63) is 11.7 Å². The zero-order valence-corrected chi connectivity index (χ0v) is 10.8. The van der Waals surface area contributed by atoms with Crippen LogP contribution < -0.4 is 0 Å². The molecule has 0 aromatic carbocycles. The average Bonchev–Trinajstić information content (AvgIpc) is 2.79. The van der Waals surface area contributed by atoms with Gasteiger partial charge in [-0.15, -0.1) is 0 Å². The summed E-state index contributed by atoms with van der Waals surface area (Å²) in [6.45, 7) is 0.288. The second-order valence-electron chi connectivity index (χ2n) is 4.21. The van der Waals surface area contributed by atoms with Gasteiger partial charge in [0.2, 0.25) is 5.89 Å². The molecule has 0 saturated carbocycles. The topological polar surface area (TPSA) is 68.4 Å². The molecule has 0 aliphatic carbocycles. The molecule has 1 aliphatic rings. The van der Waals surface area contributed by atoms with Crippen LogP contribution in [0.1, 0.15) is 36.2 Å². The predicted molar refractivity (Wildman–Crippen MR) is 64.9 cm³/mol. The van der Waals surface area contributed by atoms with E-state index in [0.29, 0.717) is 17.6 Å². The van der Waals surface area contributed by atoms with E-state index in [1.807, 2.05) is 11.8 Å². The number of rotatable bonds is 5. The summed E-state index contributed by atoms with van der Waals surface area (Å²) in [6, 6.07) is 0. The van der Waals surface area contributed by atoms with Crippen LogP contribution in [0.15, 0.2) is 4.52 Å². The van der Waals surface area contributed by atoms with E-state index in [-0.39, 0.29) is 6.61 Å². The Morgan fingerprint density at radius 2 is 2.47 bits per heavy atom. The van der Waals surface area contributed by atoms with Crippen molar-refractivity contribution in [1.29, 1.82) is 0 Å². The lowest BCUT2D eigenvalue weighted by molar-refractivity contribution is 0.0599. The first-order valence-corrected chi connectivity index (χ1v) is 6.95. The summed E-state index contributed by atoms with van der Waals surface area (Å²) in [5.74, 6) is 2.44. The molecule has 2 rings (SSSR count). The van der Waals surface area contributed by atoms with E-state index in [1.165, 1.54) is 18.6 Å². The summed E-state index contributed by atoms with van der Waals surface area (Å²) < 4.78 is 10.00. The molecule has 1 aromatic rings. The average molecular weight is 258 g/mol. The first-order valence-electron chi connectivity index (χ1n) is 5.90. The fourth-order valence-corrected chi connectivity index (χ4v) is 3.11. The van der Waals surface area contributed by atoms with Crippen molar-refractivity contribution in [3.8, 4) is 0 Å². The quantitative estimate of drug-likeness (QED) is 0.864. The van der Waals surface area contributed by atoms with Crippen molar-refractivity contribution in [1.82, 2.24) is 10.1 Å². The highest BCUT2D eigenvalue weighted by molar-refractivity contribution is 7.99. The summed E-state index contributed by atoms with van der Waals surface area (Å²) in [7, 11) is 1.56. The summed E-state index contributed by atoms with van der Waals surface area (Å²) >= 11 is 1.89. The zero-order valence-electron chi connectivity index (χ0n) is 9.96. The minimum absolute atomic E-state index is 0.288. The number of ether oxygens (including phenoxy) is 1. The fraction of sp³-hybridized carbons (Fsp3) is 0.818. The Kier molecular flexibility index (Phi) is 4.82. The molecule has 0 spiro atoms. The van der Waals surface area contributed by atoms with Crippen molar-refractivity contribution in [2.45, 2.75) is 37.0 Å². The second kappa shape index (κ2) is 6.37. The van der Waals surface area contributed by atoms with E-state index in [9.17, 15) is 5.11 Å². The van der Waals surface area contributed by atoms with Crippen LogP contribution in [-0.2, 0) is 11.2 Å². The molecule has 1 N–H and O–H groups in total. The maximum absolute atomic E-state index is 9.56. The number of aliphatic hydroxyl groups excluding tert-OH is 1. The lowest BCUT2D eigenvalue weighted by Gasteiger charge is -2.17. The largest absolute Gasteiger partial charge is 0.390 e. The number of thioether (sulfide) groups is 1. The fourth-order valence-electron chi connectivity index (χ4n) is 1.88. The van der Waals surface area contributed by atoms with Crippen LogP contribution in [0.25, 0.3) is 0 Å². The van der Waals surface area contributed by atoms with Gasteiger partial charge in [0.05, 0.1) is 24.4 Å². The third-order valence-corrected chi connectivity index (χ3v) is 4.09. The molecular weight excluding hydrogens is 240 g/mol. The lowest BCUT2D eigenvalue weighted by Crippen LogP contribution is -2.17. The Labute approximate surface area is 105 Å². The highest BCUT2D eigenvalue weighted by Crippen LogP contribution is 2.36. The molecule has 96 valence electrons. The van der Waals surface area contributed by atoms with E-state index < -0.39 is 6.10 Å². The van der Waals surface area contributed by atoms with E-state index in [0.717, 1.165) is 12.2 Å². The van der Waals surface area contributed by atoms with Gasteiger partial charge in [-0.05, 0) is 18.6 Å². The van der Waals surface area contributed by atoms with Gasteiger partial charge in [0.15, 0.2) is 5.82 Å². The van der Waals surface area contributed by atoms with Crippen LogP contribution in [0, 0.1) is 0 Å². The molecule has 17 heavy (non-hydrogen) atoms. The maximum atomic E-state index is 9.56. The third kappa shape index (κ3) is 3.69. The molecule has 2 unspecified atom stereocenters. The van der Waals surface area contributed by atoms with Gasteiger partial charge in [-0.2, -0.15) is 16.7 Å². The number of hydrogen-bond acceptors (Lipinski definition) is 6. The van der Waals surface area contributed by atoms with E-state index >= 15 is 0 Å². The minimum atomic E-state index is -0.577. The number of aliphatic hydroxyl groups is 1. The minimum Gasteiger partial charge on any atom is -0.390 e. The van der Waals surface area contributed by atoms with Gasteiger partial charge in [-0.1, -0.05) is 11.6 Å². The monoisotopic (exact) mass is 258 g/mol. The van der Waals surface area contributed by atoms with Crippen molar-refractivity contribution in [2.75, 3.05) is 19.5 Å². The van der Waals surface area contributed by atoms with Gasteiger partial charge >= 0.3 is 0 Å². The highest BCUT2D eigenvalue weighted by Gasteiger charge is 2.22. The zero-order chi connectivity index (χ0) is 12.1. The number of aromatic nitrogens is 2. The third-order valence-electron chi connectivity index (χ3n) is 2.72. The Balaban J connectivity index is 1.90. The smallest absolute Gasteiger partial charge is 0.229 e. The van der Waals surface area contributed by atoms with Gasteiger partial charge in [0.25, 0.3) is 0 Å². The molecule has 2 heterocycles. The van der Waals surface area contributed by atoms with Gasteiger partial charge in [0.1, 0.15) is 0 Å². The maximum Gasteiger partial charge on any atom is 0.229 e. The number of nitrogens with zero attached hydrogens (tertiary/aromatic N) is 2. The molecule has 6 heteroatoms. The molecule has 5 nitrogen and oxygen atoms in total. The lowest BCUT2D eigenvalue weighted by atomic mass is 10.2. The van der Waals surface area contributed by atoms with Crippen molar-refractivity contribution in [3.63, 3.8) is 0 Å². The SMILES string of the molecule is COCC(O)Cc1nc(C2CCCCS2)no1. The molecule has 1 aliphatic heterocycles. The summed E-state index contributed by atoms with van der Waals surface area (Å²) in [6.07, 6.45) is 3.40. The van der Waals surface area contributed by atoms with Crippen molar-refractivity contribution >= 4 is 11.8 Å². The van der Waals surface area contributed by atoms with E-state index in [1.54, 1.807) is 7.11 Å². The van der Waals surface area contributed by atoms with Crippen LogP contribution in [0.3, 0.4) is 0 Å². The van der Waals surface area contributed by atoms with Crippen LogP contribution in [0.2, 0.25) is 0 Å². The Hall–Kier alpha value is -0.590. The molecule has 0 radical (unpaired) electrons. The molecule has 1 fully saturated rings. The van der Waals surface area contributed by atoms with Crippen LogP contribution in [-0.4, -0.2) is 40.8 Å². The number of methoxy groups -OCH3 is 1. The van der Waals surface area contributed by atoms with Crippen LogP contribution in [0.4, 0.5) is 0 Å². The summed E-state index contributed by atoms with van der Waals surface area (Å²) in [5, 5.41) is 13.9. The summed E-state index contributed by atoms with van der Waals surface area (Å²) in [4.78, 5) is 4.34. The van der Waals surface area contributed by atoms with Gasteiger partial charge < -0.3 is 14.4 Å². The van der Waals surface area contributed by atoms with Gasteiger partial charge in [-0.3, -0.25) is 0 Å². The van der Waals surface area contributed by atoms with Crippen LogP contribution >= 0.6 is 11.8 Å². The predicted octanol–water partition coefficient (Wildman–Crippen LogP) is 1.58. The highest BCUT2D eigenvalue weighted by atomic mass is 32.2. The van der Waals surface area contributed by atoms with Crippen LogP contribution in [0.5, 0.6) is 0 Å². The number of hydrogen-bond donors (Lipinski definition) is 1. The normalized spacial score (nSPS) is 22.6. The molecule has 0 amide bonds. The van der Waals surface area contributed by atoms with E-state index in [4.69, 9.17) is 9.26 Å². The first-order chi connectivity index (χ1) is 8.29. The standard InChI is InChI=1S/C11H18N2O3S/c1-15-7-8(14)6-10-12-11(13-16-10)9-4-2-3-5-17-9/h8-9,14H,2-7H2,1H3. The Morgan fingerprint density at radius 3 is 3.18 bits per heavy atom. The van der Waals surface area contributed by atoms with Crippen molar-refractivity contribution in [2.24, 2.45) is 0 Å². The Bertz CT molecular complexity index is 339. The molecule has 1 aromatic heterocycles. The molecule has 2 atom stereocenters. The molecule has 1 saturated heterocycles. The Morgan fingerprint density at radius 1 is 1.59 bits per heavy atom. The van der Waals surface area contributed by atoms with E-state index in [2.05, 4.69) is 10.1 Å². The summed E-state index contributed by atoms with van der Waals surface area (Å²) in [5.41, 5.74) is 0. The second-order valence-corrected chi connectivity index (χ2v) is 5.53. The molecular formula is C11H18N2O3S. The van der Waals surface area contributed by atoms with Crippen molar-refractivity contribution < 1.29 is 14.4 Å². The van der Waals surface area contributed by atoms with Gasteiger partial charge in [0, 0.05) is 7.11 Å². The first kappa shape index (κ1) is 12.9. The van der Waals surface area contributed by atoms with Gasteiger partial charge in [-0.25, -0.2) is 0 Å².